The maximum atomic E-state index is 12.9. The number of esters is 2. The predicted octanol–water partition coefficient (Wildman–Crippen LogP) is 10.5. The SMILES string of the molecule is CCCCCCCC/C=C\COC(=O)CCCCN(CCCCCC(=O)OC/C=C\CCCCCCCCC)C(=O)SCCN(C)C. The molecule has 274 valence electrons. The maximum absolute atomic E-state index is 12.9. The number of hydrogen-bond donors (Lipinski definition) is 0. The highest BCUT2D eigenvalue weighted by molar-refractivity contribution is 8.13. The fraction of sp³-hybridized carbons (Fsp3) is 0.821. The van der Waals surface area contributed by atoms with Crippen LogP contribution < -0.4 is 0 Å². The predicted molar refractivity (Wildman–Crippen MR) is 201 cm³/mol. The molecule has 0 aromatic heterocycles. The van der Waals surface area contributed by atoms with Crippen LogP contribution in [0.2, 0.25) is 0 Å². The van der Waals surface area contributed by atoms with E-state index in [1.54, 1.807) is 0 Å². The molecule has 0 atom stereocenters. The summed E-state index contributed by atoms with van der Waals surface area (Å²) in [5, 5.41) is 0.0904. The van der Waals surface area contributed by atoms with Crippen LogP contribution in [0.3, 0.4) is 0 Å². The molecule has 0 rings (SSSR count). The van der Waals surface area contributed by atoms with Gasteiger partial charge >= 0.3 is 11.9 Å². The van der Waals surface area contributed by atoms with E-state index in [0.29, 0.717) is 45.6 Å². The van der Waals surface area contributed by atoms with Crippen molar-refractivity contribution < 1.29 is 23.9 Å². The Morgan fingerprint density at radius 1 is 0.532 bits per heavy atom. The van der Waals surface area contributed by atoms with E-state index in [9.17, 15) is 14.4 Å². The Bertz CT molecular complexity index is 802. The van der Waals surface area contributed by atoms with E-state index in [2.05, 4.69) is 30.9 Å². The molecule has 7 nitrogen and oxygen atoms in total. The van der Waals surface area contributed by atoms with Gasteiger partial charge in [0.05, 0.1) is 0 Å². The molecule has 1 amide bonds. The first-order valence-electron chi connectivity index (χ1n) is 19.1. The molecule has 0 aliphatic rings. The summed E-state index contributed by atoms with van der Waals surface area (Å²) >= 11 is 1.36. The van der Waals surface area contributed by atoms with Gasteiger partial charge in [-0.05, 0) is 65.5 Å². The second kappa shape index (κ2) is 35.5. The van der Waals surface area contributed by atoms with Crippen molar-refractivity contribution in [2.75, 3.05) is 52.7 Å². The molecular formula is C39H72N2O5S. The monoisotopic (exact) mass is 681 g/mol. The molecule has 8 heteroatoms. The summed E-state index contributed by atoms with van der Waals surface area (Å²) in [5.41, 5.74) is 0. The fourth-order valence-corrected chi connectivity index (χ4v) is 6.08. The summed E-state index contributed by atoms with van der Waals surface area (Å²) in [7, 11) is 4.01. The van der Waals surface area contributed by atoms with Crippen molar-refractivity contribution >= 4 is 28.9 Å². The third-order valence-electron chi connectivity index (χ3n) is 8.10. The van der Waals surface area contributed by atoms with Gasteiger partial charge in [0, 0.05) is 38.2 Å². The Hall–Kier alpha value is -1.80. The van der Waals surface area contributed by atoms with Crippen LogP contribution in [0.4, 0.5) is 4.79 Å². The lowest BCUT2D eigenvalue weighted by Gasteiger charge is -2.22. The van der Waals surface area contributed by atoms with Crippen LogP contribution in [-0.2, 0) is 19.1 Å². The second-order valence-electron chi connectivity index (χ2n) is 12.9. The summed E-state index contributed by atoms with van der Waals surface area (Å²) in [6.45, 7) is 7.31. The molecule has 0 saturated heterocycles. The Morgan fingerprint density at radius 2 is 0.957 bits per heavy atom. The highest BCUT2D eigenvalue weighted by Gasteiger charge is 2.14. The highest BCUT2D eigenvalue weighted by atomic mass is 32.2. The molecule has 0 spiro atoms. The molecule has 0 aliphatic heterocycles. The molecule has 0 heterocycles. The Morgan fingerprint density at radius 3 is 1.45 bits per heavy atom. The maximum Gasteiger partial charge on any atom is 0.306 e. The fourth-order valence-electron chi connectivity index (χ4n) is 5.08. The number of thioether (sulfide) groups is 1. The molecule has 0 fully saturated rings. The molecule has 0 unspecified atom stereocenters. The molecule has 0 aromatic rings. The third kappa shape index (κ3) is 33.9. The van der Waals surface area contributed by atoms with E-state index >= 15 is 0 Å². The summed E-state index contributed by atoms with van der Waals surface area (Å²) in [4.78, 5) is 41.2. The van der Waals surface area contributed by atoms with E-state index in [4.69, 9.17) is 9.47 Å². The van der Waals surface area contributed by atoms with Crippen LogP contribution in [0.5, 0.6) is 0 Å². The second-order valence-corrected chi connectivity index (χ2v) is 14.0. The number of ether oxygens (including phenoxy) is 2. The largest absolute Gasteiger partial charge is 0.461 e. The first kappa shape index (κ1) is 45.2. The normalized spacial score (nSPS) is 11.6. The van der Waals surface area contributed by atoms with Crippen molar-refractivity contribution in [3.05, 3.63) is 24.3 Å². The van der Waals surface area contributed by atoms with Gasteiger partial charge in [0.1, 0.15) is 13.2 Å². The molecule has 0 saturated carbocycles. The van der Waals surface area contributed by atoms with Gasteiger partial charge in [-0.15, -0.1) is 0 Å². The molecule has 47 heavy (non-hydrogen) atoms. The summed E-state index contributed by atoms with van der Waals surface area (Å²) in [6.07, 6.45) is 31.8. The smallest absolute Gasteiger partial charge is 0.306 e. The lowest BCUT2D eigenvalue weighted by atomic mass is 10.1. The number of unbranched alkanes of at least 4 members (excludes halogenated alkanes) is 16. The summed E-state index contributed by atoms with van der Waals surface area (Å²) in [6, 6.07) is 0. The lowest BCUT2D eigenvalue weighted by Crippen LogP contribution is -2.31. The summed E-state index contributed by atoms with van der Waals surface area (Å²) < 4.78 is 10.7. The number of amides is 1. The third-order valence-corrected chi connectivity index (χ3v) is 9.00. The Kier molecular flexibility index (Phi) is 34.1. The molecular weight excluding hydrogens is 609 g/mol. The minimum atomic E-state index is -0.178. The number of carbonyl (C=O) groups excluding carboxylic acids is 3. The summed E-state index contributed by atoms with van der Waals surface area (Å²) in [5.74, 6) is 0.418. The van der Waals surface area contributed by atoms with Gasteiger partial charge in [0.25, 0.3) is 5.24 Å². The van der Waals surface area contributed by atoms with E-state index in [0.717, 1.165) is 50.8 Å². The van der Waals surface area contributed by atoms with Crippen LogP contribution in [0.25, 0.3) is 0 Å². The van der Waals surface area contributed by atoms with Crippen molar-refractivity contribution in [1.29, 1.82) is 0 Å². The first-order valence-corrected chi connectivity index (χ1v) is 20.1. The van der Waals surface area contributed by atoms with Gasteiger partial charge in [0.15, 0.2) is 0 Å². The van der Waals surface area contributed by atoms with Crippen LogP contribution in [0.1, 0.15) is 155 Å². The van der Waals surface area contributed by atoms with Crippen molar-refractivity contribution in [3.63, 3.8) is 0 Å². The number of hydrogen-bond acceptors (Lipinski definition) is 7. The van der Waals surface area contributed by atoms with Gasteiger partial charge in [0.2, 0.25) is 0 Å². The molecule has 0 bridgehead atoms. The van der Waals surface area contributed by atoms with E-state index in [1.165, 1.54) is 95.2 Å². The lowest BCUT2D eigenvalue weighted by molar-refractivity contribution is -0.143. The van der Waals surface area contributed by atoms with Crippen LogP contribution in [0, 0.1) is 0 Å². The van der Waals surface area contributed by atoms with Gasteiger partial charge in [-0.1, -0.05) is 127 Å². The van der Waals surface area contributed by atoms with Crippen molar-refractivity contribution in [3.8, 4) is 0 Å². The van der Waals surface area contributed by atoms with Crippen LogP contribution in [-0.4, -0.2) is 79.7 Å². The van der Waals surface area contributed by atoms with Crippen molar-refractivity contribution in [2.45, 2.75) is 155 Å². The highest BCUT2D eigenvalue weighted by Crippen LogP contribution is 2.14. The van der Waals surface area contributed by atoms with Gasteiger partial charge in [-0.25, -0.2) is 0 Å². The van der Waals surface area contributed by atoms with E-state index in [1.807, 2.05) is 31.1 Å². The minimum Gasteiger partial charge on any atom is -0.461 e. The minimum absolute atomic E-state index is 0.0904. The van der Waals surface area contributed by atoms with Crippen molar-refractivity contribution in [1.82, 2.24) is 9.80 Å². The van der Waals surface area contributed by atoms with Gasteiger partial charge in [-0.2, -0.15) is 0 Å². The zero-order valence-electron chi connectivity index (χ0n) is 31.0. The quantitative estimate of drug-likeness (QED) is 0.0388. The molecule has 0 aliphatic carbocycles. The van der Waals surface area contributed by atoms with E-state index in [-0.39, 0.29) is 17.2 Å². The Labute approximate surface area is 294 Å². The molecule has 0 radical (unpaired) electrons. The average Bonchev–Trinajstić information content (AvgIpc) is 3.05. The first-order chi connectivity index (χ1) is 22.9. The number of rotatable bonds is 33. The zero-order valence-corrected chi connectivity index (χ0v) is 31.8. The number of carbonyl (C=O) groups is 3. The number of allylic oxidation sites excluding steroid dienone is 2. The van der Waals surface area contributed by atoms with E-state index < -0.39 is 0 Å². The molecule has 0 aromatic carbocycles. The van der Waals surface area contributed by atoms with Crippen molar-refractivity contribution in [2.24, 2.45) is 0 Å². The Balaban J connectivity index is 4.15. The molecule has 0 N–H and O–H groups in total. The van der Waals surface area contributed by atoms with Crippen LogP contribution >= 0.6 is 11.8 Å². The number of nitrogens with zero attached hydrogens (tertiary/aromatic N) is 2. The average molecular weight is 681 g/mol. The van der Waals surface area contributed by atoms with Gasteiger partial charge in [-0.3, -0.25) is 14.4 Å². The topological polar surface area (TPSA) is 76.1 Å². The van der Waals surface area contributed by atoms with Gasteiger partial charge < -0.3 is 19.3 Å². The van der Waals surface area contributed by atoms with Crippen LogP contribution in [0.15, 0.2) is 24.3 Å². The zero-order chi connectivity index (χ0) is 34.6. The standard InChI is InChI=1S/C39H72N2O5S/c1-5-7-9-11-13-15-17-19-21-27-34-45-37(42)29-23-22-25-31-41(39(44)47-36-33-40(3)4)32-26-24-30-38(43)46-35-28-20-18-16-14-12-10-8-6-2/h20-21,27-28H,5-19,22-26,29-36H2,1-4H3/b27-21-,28-20-.